The Hall–Kier alpha value is -1.10. The van der Waals surface area contributed by atoms with Gasteiger partial charge >= 0.3 is 11.3 Å². The first kappa shape index (κ1) is 5.67. The molecule has 1 aliphatic rings. The molecule has 10 heavy (non-hydrogen) atoms. The highest BCUT2D eigenvalue weighted by molar-refractivity contribution is 4.80. The van der Waals surface area contributed by atoms with Crippen LogP contribution in [0.25, 0.3) is 0 Å². The lowest BCUT2D eigenvalue weighted by atomic mass is 10.4. The molecule has 0 atom stereocenters. The Labute approximate surface area is 56.2 Å². The average Bonchev–Trinajstić information content (AvgIpc) is 2.34. The molecule has 0 unspecified atom stereocenters. The summed E-state index contributed by atoms with van der Waals surface area (Å²) in [6.45, 7) is 1.65. The van der Waals surface area contributed by atoms with Crippen molar-refractivity contribution in [3.8, 4) is 0 Å². The summed E-state index contributed by atoms with van der Waals surface area (Å²) in [5, 5.41) is 2.48. The van der Waals surface area contributed by atoms with Crippen molar-refractivity contribution in [3.05, 3.63) is 16.1 Å². The van der Waals surface area contributed by atoms with Gasteiger partial charge in [0, 0.05) is 0 Å². The zero-order chi connectivity index (χ0) is 6.97. The molecule has 2 rings (SSSR count). The molecule has 0 radical (unpaired) electrons. The third-order valence-corrected chi connectivity index (χ3v) is 1.51. The third kappa shape index (κ3) is 0.672. The second kappa shape index (κ2) is 1.95. The molecular formula is C5H7N2O3+. The van der Waals surface area contributed by atoms with Crippen molar-refractivity contribution < 1.29 is 13.9 Å². The van der Waals surface area contributed by atoms with E-state index in [1.54, 1.807) is 4.68 Å². The van der Waals surface area contributed by atoms with E-state index in [2.05, 4.69) is 9.79 Å². The maximum atomic E-state index is 10.8. The van der Waals surface area contributed by atoms with Gasteiger partial charge in [-0.3, -0.25) is 4.52 Å². The van der Waals surface area contributed by atoms with Crippen LogP contribution in [0.4, 0.5) is 0 Å². The fourth-order valence-corrected chi connectivity index (χ4v) is 0.963. The average molecular weight is 143 g/mol. The number of nitrogens with zero attached hydrogens (tertiary/aromatic N) is 1. The summed E-state index contributed by atoms with van der Waals surface area (Å²) in [6, 6.07) is 0. The van der Waals surface area contributed by atoms with Crippen LogP contribution >= 0.6 is 0 Å². The normalized spacial score (nSPS) is 16.8. The Kier molecular flexibility index (Phi) is 1.10. The number of aromatic amines is 1. The topological polar surface area (TPSA) is 59.1 Å². The Balaban J connectivity index is 2.55. The second-order valence-electron chi connectivity index (χ2n) is 2.13. The molecule has 0 saturated carbocycles. The molecule has 1 aromatic heterocycles. The monoisotopic (exact) mass is 143 g/mol. The lowest BCUT2D eigenvalue weighted by Crippen LogP contribution is -2.46. The molecule has 2 heterocycles. The van der Waals surface area contributed by atoms with Gasteiger partial charge in [-0.25, -0.2) is 4.79 Å². The highest BCUT2D eigenvalue weighted by atomic mass is 16.5. The fraction of sp³-hybridized carbons (Fsp3) is 0.600. The van der Waals surface area contributed by atoms with Crippen LogP contribution in [0.3, 0.4) is 0 Å². The summed E-state index contributed by atoms with van der Waals surface area (Å²) in [6.07, 6.45) is 0. The standard InChI is InChI=1S/C5H6N2O3/c8-5-4-3-9-2-1-7(4)6-10-5/h1-3H2/p+1. The number of fused-ring (bicyclic) bond motifs is 1. The lowest BCUT2D eigenvalue weighted by molar-refractivity contribution is -0.778. The molecule has 0 bridgehead atoms. The predicted octanol–water partition coefficient (Wildman–Crippen LogP) is -1.21. The molecule has 54 valence electrons. The molecule has 0 saturated heterocycles. The van der Waals surface area contributed by atoms with Crippen LogP contribution in [0, 0.1) is 0 Å². The van der Waals surface area contributed by atoms with E-state index in [4.69, 9.17) is 4.74 Å². The zero-order valence-corrected chi connectivity index (χ0v) is 5.29. The van der Waals surface area contributed by atoms with Crippen molar-refractivity contribution >= 4 is 0 Å². The van der Waals surface area contributed by atoms with Crippen molar-refractivity contribution in [3.63, 3.8) is 0 Å². The summed E-state index contributed by atoms with van der Waals surface area (Å²) in [7, 11) is 0. The summed E-state index contributed by atoms with van der Waals surface area (Å²) in [5.74, 6) is 0. The van der Waals surface area contributed by atoms with E-state index in [9.17, 15) is 4.79 Å². The highest BCUT2D eigenvalue weighted by Crippen LogP contribution is 1.92. The van der Waals surface area contributed by atoms with Crippen molar-refractivity contribution in [2.75, 3.05) is 6.61 Å². The molecule has 0 amide bonds. The van der Waals surface area contributed by atoms with Crippen LogP contribution < -0.4 is 10.3 Å². The van der Waals surface area contributed by atoms with Crippen LogP contribution in [0.15, 0.2) is 9.32 Å². The van der Waals surface area contributed by atoms with Crippen LogP contribution in [-0.4, -0.2) is 11.9 Å². The van der Waals surface area contributed by atoms with Gasteiger partial charge in [0.2, 0.25) is 0 Å². The number of nitrogens with one attached hydrogen (secondary N) is 1. The van der Waals surface area contributed by atoms with Gasteiger partial charge in [-0.15, -0.1) is 0 Å². The summed E-state index contributed by atoms with van der Waals surface area (Å²) < 4.78 is 11.2. The molecule has 5 nitrogen and oxygen atoms in total. The van der Waals surface area contributed by atoms with E-state index in [-0.39, 0.29) is 5.63 Å². The zero-order valence-electron chi connectivity index (χ0n) is 5.29. The molecular weight excluding hydrogens is 136 g/mol. The first-order valence-corrected chi connectivity index (χ1v) is 3.06. The van der Waals surface area contributed by atoms with Gasteiger partial charge in [-0.2, -0.15) is 0 Å². The maximum absolute atomic E-state index is 10.8. The van der Waals surface area contributed by atoms with E-state index in [1.165, 1.54) is 0 Å². The first-order chi connectivity index (χ1) is 4.88. The molecule has 5 heteroatoms. The Morgan fingerprint density at radius 1 is 1.60 bits per heavy atom. The van der Waals surface area contributed by atoms with E-state index in [0.717, 1.165) is 0 Å². The number of rotatable bonds is 0. The smallest absolute Gasteiger partial charge is 0.363 e. The Morgan fingerprint density at radius 3 is 3.30 bits per heavy atom. The van der Waals surface area contributed by atoms with Crippen LogP contribution in [-0.2, 0) is 17.9 Å². The highest BCUT2D eigenvalue weighted by Gasteiger charge is 2.24. The SMILES string of the molecule is O=c1o[nH][n+]2c1COCC2. The van der Waals surface area contributed by atoms with Gasteiger partial charge in [0.05, 0.1) is 0 Å². The van der Waals surface area contributed by atoms with E-state index >= 15 is 0 Å². The van der Waals surface area contributed by atoms with Gasteiger partial charge in [-0.05, 0) is 5.27 Å². The molecule has 0 aromatic carbocycles. The van der Waals surface area contributed by atoms with E-state index < -0.39 is 0 Å². The van der Waals surface area contributed by atoms with E-state index in [0.29, 0.717) is 25.5 Å². The van der Waals surface area contributed by atoms with Gasteiger partial charge < -0.3 is 4.74 Å². The van der Waals surface area contributed by atoms with Crippen molar-refractivity contribution in [1.82, 2.24) is 5.27 Å². The molecule has 0 aliphatic carbocycles. The van der Waals surface area contributed by atoms with Crippen LogP contribution in [0.5, 0.6) is 0 Å². The number of aromatic nitrogens is 2. The summed E-state index contributed by atoms with van der Waals surface area (Å²) in [4.78, 5) is 10.8. The number of hydrogen-bond donors (Lipinski definition) is 1. The quantitative estimate of drug-likeness (QED) is 0.463. The van der Waals surface area contributed by atoms with Crippen molar-refractivity contribution in [2.45, 2.75) is 13.2 Å². The Bertz CT molecular complexity index is 287. The molecule has 1 N–H and O–H groups in total. The minimum Gasteiger partial charge on any atom is -0.363 e. The molecule has 0 fully saturated rings. The predicted molar refractivity (Wildman–Crippen MR) is 29.2 cm³/mol. The number of ether oxygens (including phenoxy) is 1. The van der Waals surface area contributed by atoms with E-state index in [1.807, 2.05) is 0 Å². The largest absolute Gasteiger partial charge is 0.432 e. The second-order valence-corrected chi connectivity index (χ2v) is 2.13. The third-order valence-electron chi connectivity index (χ3n) is 1.51. The number of hydrogen-bond acceptors (Lipinski definition) is 3. The minimum atomic E-state index is -0.334. The van der Waals surface area contributed by atoms with Crippen molar-refractivity contribution in [1.29, 1.82) is 0 Å². The molecule has 0 spiro atoms. The molecule has 1 aliphatic heterocycles. The summed E-state index contributed by atoms with van der Waals surface area (Å²) in [5.41, 5.74) is 0.228. The minimum absolute atomic E-state index is 0.334. The van der Waals surface area contributed by atoms with Crippen molar-refractivity contribution in [2.24, 2.45) is 0 Å². The molecule has 1 aromatic rings. The number of H-pyrrole nitrogens is 1. The lowest BCUT2D eigenvalue weighted by Gasteiger charge is -2.01. The maximum Gasteiger partial charge on any atom is 0.432 e. The van der Waals surface area contributed by atoms with Gasteiger partial charge in [0.25, 0.3) is 0 Å². The fourth-order valence-electron chi connectivity index (χ4n) is 0.963. The van der Waals surface area contributed by atoms with Gasteiger partial charge in [-0.1, -0.05) is 4.68 Å². The first-order valence-electron chi connectivity index (χ1n) is 3.06. The summed E-state index contributed by atoms with van der Waals surface area (Å²) >= 11 is 0. The van der Waals surface area contributed by atoms with Gasteiger partial charge in [0.15, 0.2) is 6.54 Å². The van der Waals surface area contributed by atoms with Gasteiger partial charge in [0.1, 0.15) is 13.2 Å². The van der Waals surface area contributed by atoms with Crippen LogP contribution in [0.1, 0.15) is 5.69 Å². The Morgan fingerprint density at radius 2 is 2.50 bits per heavy atom. The van der Waals surface area contributed by atoms with Crippen LogP contribution in [0.2, 0.25) is 0 Å².